The Hall–Kier alpha value is -1.89. The number of rotatable bonds is 1. The molecule has 106 valence electrons. The molecule has 1 aliphatic carbocycles. The number of fused-ring (bicyclic) bond motifs is 3. The quantitative estimate of drug-likeness (QED) is 0.516. The minimum Gasteiger partial charge on any atom is -0.252 e. The van der Waals surface area contributed by atoms with E-state index in [4.69, 9.17) is 4.98 Å². The molecule has 0 atom stereocenters. The van der Waals surface area contributed by atoms with Crippen molar-refractivity contribution in [3.63, 3.8) is 0 Å². The van der Waals surface area contributed by atoms with E-state index < -0.39 is 0 Å². The average Bonchev–Trinajstić information content (AvgIpc) is 2.55. The smallest absolute Gasteiger partial charge is 0.0712 e. The maximum Gasteiger partial charge on any atom is 0.0712 e. The van der Waals surface area contributed by atoms with Crippen LogP contribution in [0, 0.1) is 6.92 Å². The summed E-state index contributed by atoms with van der Waals surface area (Å²) in [5, 5.41) is 4.03. The molecule has 1 heteroatoms. The van der Waals surface area contributed by atoms with Crippen molar-refractivity contribution < 1.29 is 0 Å². The number of pyridine rings is 1. The van der Waals surface area contributed by atoms with E-state index in [1.54, 1.807) is 0 Å². The van der Waals surface area contributed by atoms with E-state index in [1.165, 1.54) is 59.5 Å². The second kappa shape index (κ2) is 5.14. The van der Waals surface area contributed by atoms with Gasteiger partial charge >= 0.3 is 0 Å². The Kier molecular flexibility index (Phi) is 3.14. The normalized spacial score (nSPS) is 16.6. The zero-order valence-corrected chi connectivity index (χ0v) is 12.6. The summed E-state index contributed by atoms with van der Waals surface area (Å²) in [6, 6.07) is 15.4. The molecule has 1 nitrogen and oxygen atoms in total. The first kappa shape index (κ1) is 12.8. The van der Waals surface area contributed by atoms with E-state index >= 15 is 0 Å². The number of aryl methyl sites for hydroxylation is 1. The van der Waals surface area contributed by atoms with Gasteiger partial charge < -0.3 is 0 Å². The Balaban J connectivity index is 2.02. The largest absolute Gasteiger partial charge is 0.252 e. The van der Waals surface area contributed by atoms with Crippen LogP contribution in [0.3, 0.4) is 0 Å². The highest BCUT2D eigenvalue weighted by Crippen LogP contribution is 2.37. The van der Waals surface area contributed by atoms with Crippen molar-refractivity contribution in [2.24, 2.45) is 0 Å². The van der Waals surface area contributed by atoms with Crippen molar-refractivity contribution in [1.82, 2.24) is 4.98 Å². The highest BCUT2D eigenvalue weighted by atomic mass is 14.7. The third-order valence-electron chi connectivity index (χ3n) is 4.88. The van der Waals surface area contributed by atoms with Gasteiger partial charge in [-0.2, -0.15) is 0 Å². The van der Waals surface area contributed by atoms with Crippen LogP contribution < -0.4 is 0 Å². The Labute approximate surface area is 126 Å². The topological polar surface area (TPSA) is 12.9 Å². The number of hydrogen-bond donors (Lipinski definition) is 0. The van der Waals surface area contributed by atoms with Crippen LogP contribution in [-0.2, 0) is 0 Å². The number of benzene rings is 2. The van der Waals surface area contributed by atoms with Crippen molar-refractivity contribution in [1.29, 1.82) is 0 Å². The van der Waals surface area contributed by atoms with Crippen LogP contribution in [0.15, 0.2) is 42.5 Å². The summed E-state index contributed by atoms with van der Waals surface area (Å²) < 4.78 is 0. The molecule has 0 spiro atoms. The van der Waals surface area contributed by atoms with Gasteiger partial charge in [-0.25, -0.2) is 0 Å². The van der Waals surface area contributed by atoms with E-state index in [2.05, 4.69) is 49.4 Å². The summed E-state index contributed by atoms with van der Waals surface area (Å²) in [6.07, 6.45) is 6.70. The molecule has 0 N–H and O–H groups in total. The molecule has 3 aromatic rings. The van der Waals surface area contributed by atoms with Crippen LogP contribution in [0.5, 0.6) is 0 Å². The third-order valence-corrected chi connectivity index (χ3v) is 4.88. The summed E-state index contributed by atoms with van der Waals surface area (Å²) in [6.45, 7) is 2.16. The molecule has 0 saturated heterocycles. The number of nitrogens with zero attached hydrogens (tertiary/aromatic N) is 1. The van der Waals surface area contributed by atoms with Crippen molar-refractivity contribution in [2.45, 2.75) is 44.9 Å². The highest BCUT2D eigenvalue weighted by Gasteiger charge is 2.20. The maximum atomic E-state index is 5.07. The molecule has 0 amide bonds. The summed E-state index contributed by atoms with van der Waals surface area (Å²) in [5.41, 5.74) is 3.79. The van der Waals surface area contributed by atoms with Gasteiger partial charge in [-0.05, 0) is 37.3 Å². The first-order valence-corrected chi connectivity index (χ1v) is 8.12. The molecule has 1 heterocycles. The summed E-state index contributed by atoms with van der Waals surface area (Å²) in [5.74, 6) is 0.648. The van der Waals surface area contributed by atoms with Gasteiger partial charge in [0.1, 0.15) is 0 Å². The third kappa shape index (κ3) is 2.21. The standard InChI is InChI=1S/C20H21N/c1-14-11-12-19-18(13-14)16-9-5-6-10-17(16)20(21-19)15-7-3-2-4-8-15/h5-6,9-13,15H,2-4,7-8H2,1H3. The molecule has 0 bridgehead atoms. The minimum atomic E-state index is 0.648. The van der Waals surface area contributed by atoms with E-state index in [0.29, 0.717) is 5.92 Å². The molecule has 0 radical (unpaired) electrons. The zero-order valence-electron chi connectivity index (χ0n) is 12.6. The molecule has 1 aromatic heterocycles. The van der Waals surface area contributed by atoms with Crippen LogP contribution in [0.1, 0.15) is 49.3 Å². The van der Waals surface area contributed by atoms with Gasteiger partial charge in [-0.3, -0.25) is 4.98 Å². The fraction of sp³-hybridized carbons (Fsp3) is 0.350. The SMILES string of the molecule is Cc1ccc2nc(C3CCCCC3)c3ccccc3c2c1. The highest BCUT2D eigenvalue weighted by molar-refractivity contribution is 6.07. The Morgan fingerprint density at radius 2 is 1.62 bits per heavy atom. The van der Waals surface area contributed by atoms with Crippen molar-refractivity contribution in [2.75, 3.05) is 0 Å². The maximum absolute atomic E-state index is 5.07. The molecule has 21 heavy (non-hydrogen) atoms. The Morgan fingerprint density at radius 3 is 2.43 bits per heavy atom. The molecular formula is C20H21N. The molecule has 0 aliphatic heterocycles. The van der Waals surface area contributed by atoms with Crippen molar-refractivity contribution in [3.05, 3.63) is 53.7 Å². The van der Waals surface area contributed by atoms with Crippen LogP contribution in [0.4, 0.5) is 0 Å². The summed E-state index contributed by atoms with van der Waals surface area (Å²) in [7, 11) is 0. The monoisotopic (exact) mass is 275 g/mol. The van der Waals surface area contributed by atoms with Gasteiger partial charge in [-0.15, -0.1) is 0 Å². The van der Waals surface area contributed by atoms with Crippen LogP contribution in [-0.4, -0.2) is 4.98 Å². The van der Waals surface area contributed by atoms with Crippen LogP contribution in [0.2, 0.25) is 0 Å². The fourth-order valence-corrected chi connectivity index (χ4v) is 3.78. The van der Waals surface area contributed by atoms with Gasteiger partial charge in [-0.1, -0.05) is 55.2 Å². The lowest BCUT2D eigenvalue weighted by Crippen LogP contribution is -2.07. The number of hydrogen-bond acceptors (Lipinski definition) is 1. The van der Waals surface area contributed by atoms with E-state index in [9.17, 15) is 0 Å². The lowest BCUT2D eigenvalue weighted by molar-refractivity contribution is 0.439. The number of aromatic nitrogens is 1. The first-order valence-electron chi connectivity index (χ1n) is 8.12. The molecule has 4 rings (SSSR count). The lowest BCUT2D eigenvalue weighted by Gasteiger charge is -2.23. The average molecular weight is 275 g/mol. The van der Waals surface area contributed by atoms with Gasteiger partial charge in [0.2, 0.25) is 0 Å². The predicted molar refractivity (Wildman–Crippen MR) is 89.8 cm³/mol. The van der Waals surface area contributed by atoms with Gasteiger partial charge in [0, 0.05) is 16.7 Å². The van der Waals surface area contributed by atoms with E-state index in [1.807, 2.05) is 0 Å². The minimum absolute atomic E-state index is 0.648. The van der Waals surface area contributed by atoms with Gasteiger partial charge in [0.25, 0.3) is 0 Å². The van der Waals surface area contributed by atoms with Crippen LogP contribution in [0.25, 0.3) is 21.7 Å². The van der Waals surface area contributed by atoms with Crippen molar-refractivity contribution in [3.8, 4) is 0 Å². The molecule has 2 aromatic carbocycles. The van der Waals surface area contributed by atoms with Gasteiger partial charge in [0.15, 0.2) is 0 Å². The van der Waals surface area contributed by atoms with Gasteiger partial charge in [0.05, 0.1) is 11.2 Å². The van der Waals surface area contributed by atoms with Crippen molar-refractivity contribution >= 4 is 21.7 Å². The summed E-state index contributed by atoms with van der Waals surface area (Å²) >= 11 is 0. The first-order chi connectivity index (χ1) is 10.3. The van der Waals surface area contributed by atoms with E-state index in [-0.39, 0.29) is 0 Å². The van der Waals surface area contributed by atoms with E-state index in [0.717, 1.165) is 5.52 Å². The molecular weight excluding hydrogens is 254 g/mol. The molecule has 0 unspecified atom stereocenters. The summed E-state index contributed by atoms with van der Waals surface area (Å²) in [4.78, 5) is 5.07. The molecule has 1 fully saturated rings. The zero-order chi connectivity index (χ0) is 14.2. The second-order valence-electron chi connectivity index (χ2n) is 6.40. The Morgan fingerprint density at radius 1 is 0.857 bits per heavy atom. The molecule has 1 aliphatic rings. The second-order valence-corrected chi connectivity index (χ2v) is 6.40. The lowest BCUT2D eigenvalue weighted by atomic mass is 9.84. The molecule has 1 saturated carbocycles. The Bertz CT molecular complexity index is 797. The van der Waals surface area contributed by atoms with Crippen LogP contribution >= 0.6 is 0 Å². The predicted octanol–water partition coefficient (Wildman–Crippen LogP) is 5.74. The fourth-order valence-electron chi connectivity index (χ4n) is 3.78.